The van der Waals surface area contributed by atoms with Gasteiger partial charge in [0.05, 0.1) is 5.56 Å². The Labute approximate surface area is 159 Å². The Balaban J connectivity index is 1.53. The van der Waals surface area contributed by atoms with Gasteiger partial charge in [0.2, 0.25) is 0 Å². The summed E-state index contributed by atoms with van der Waals surface area (Å²) in [7, 11) is 0. The number of benzene rings is 2. The molecule has 2 aromatic rings. The van der Waals surface area contributed by atoms with E-state index in [-0.39, 0.29) is 24.0 Å². The highest BCUT2D eigenvalue weighted by Gasteiger charge is 2.28. The second-order valence-corrected chi connectivity index (χ2v) is 7.69. The van der Waals surface area contributed by atoms with Gasteiger partial charge in [-0.2, -0.15) is 0 Å². The summed E-state index contributed by atoms with van der Waals surface area (Å²) in [6.45, 7) is 2.03. The van der Waals surface area contributed by atoms with E-state index < -0.39 is 0 Å². The summed E-state index contributed by atoms with van der Waals surface area (Å²) in [5.74, 6) is -0.364. The van der Waals surface area contributed by atoms with Crippen molar-refractivity contribution < 1.29 is 14.3 Å². The topological polar surface area (TPSA) is 55.4 Å². The normalized spacial score (nSPS) is 19.9. The highest BCUT2D eigenvalue weighted by atomic mass is 16.5. The van der Waals surface area contributed by atoms with Crippen molar-refractivity contribution in [3.05, 3.63) is 70.3 Å². The Morgan fingerprint density at radius 2 is 1.78 bits per heavy atom. The number of rotatable bonds is 3. The largest absolute Gasteiger partial charge is 0.454 e. The second kappa shape index (κ2) is 7.55. The Kier molecular flexibility index (Phi) is 4.97. The van der Waals surface area contributed by atoms with E-state index in [9.17, 15) is 9.59 Å². The van der Waals surface area contributed by atoms with Gasteiger partial charge in [-0.3, -0.25) is 4.79 Å². The van der Waals surface area contributed by atoms with Crippen LogP contribution in [0, 0.1) is 6.92 Å². The van der Waals surface area contributed by atoms with E-state index in [1.807, 2.05) is 37.3 Å². The lowest BCUT2D eigenvalue weighted by Gasteiger charge is -2.26. The fourth-order valence-corrected chi connectivity index (χ4v) is 4.02. The quantitative estimate of drug-likeness (QED) is 0.816. The minimum Gasteiger partial charge on any atom is -0.454 e. The maximum atomic E-state index is 12.6. The van der Waals surface area contributed by atoms with Gasteiger partial charge in [0.25, 0.3) is 5.91 Å². The van der Waals surface area contributed by atoms with Crippen LogP contribution in [-0.2, 0) is 11.2 Å². The Bertz CT molecular complexity index is 850. The molecule has 4 heteroatoms. The van der Waals surface area contributed by atoms with Gasteiger partial charge in [-0.05, 0) is 49.1 Å². The van der Waals surface area contributed by atoms with E-state index in [1.54, 1.807) is 12.1 Å². The van der Waals surface area contributed by atoms with Gasteiger partial charge in [-0.1, -0.05) is 49.1 Å². The standard InChI is InChI=1S/C23H25NO3/c1-15-7-9-16(10-8-15)21-14-18-13-17(11-12-20(18)23(26)27-21)22(25)24-19-5-3-2-4-6-19/h7-13,19,21H,2-6,14H2,1H3,(H,24,25)/t21-/m0/s1. The zero-order valence-electron chi connectivity index (χ0n) is 15.7. The van der Waals surface area contributed by atoms with Crippen LogP contribution in [0.25, 0.3) is 0 Å². The molecular weight excluding hydrogens is 338 g/mol. The molecule has 2 aliphatic rings. The molecule has 1 fully saturated rings. The highest BCUT2D eigenvalue weighted by Crippen LogP contribution is 2.31. The number of esters is 1. The number of carbonyl (C=O) groups is 2. The fraction of sp³-hybridized carbons (Fsp3) is 0.391. The first kappa shape index (κ1) is 17.8. The van der Waals surface area contributed by atoms with E-state index in [0.29, 0.717) is 17.5 Å². The summed E-state index contributed by atoms with van der Waals surface area (Å²) < 4.78 is 5.62. The lowest BCUT2D eigenvalue weighted by atomic mass is 9.92. The maximum Gasteiger partial charge on any atom is 0.339 e. The highest BCUT2D eigenvalue weighted by molar-refractivity contribution is 5.98. The maximum absolute atomic E-state index is 12.6. The van der Waals surface area contributed by atoms with E-state index in [0.717, 1.165) is 24.0 Å². The van der Waals surface area contributed by atoms with Crippen LogP contribution in [0.1, 0.15) is 75.6 Å². The molecule has 1 heterocycles. The van der Waals surface area contributed by atoms with Crippen molar-refractivity contribution in [2.45, 2.75) is 57.6 Å². The van der Waals surface area contributed by atoms with Gasteiger partial charge in [-0.25, -0.2) is 4.79 Å². The third kappa shape index (κ3) is 3.90. The van der Waals surface area contributed by atoms with Crippen molar-refractivity contribution in [1.29, 1.82) is 0 Å². The molecule has 0 saturated heterocycles. The van der Waals surface area contributed by atoms with E-state index >= 15 is 0 Å². The molecule has 0 aromatic heterocycles. The average molecular weight is 363 g/mol. The van der Waals surface area contributed by atoms with Gasteiger partial charge in [0, 0.05) is 18.0 Å². The molecule has 4 nitrogen and oxygen atoms in total. The van der Waals surface area contributed by atoms with E-state index in [1.165, 1.54) is 24.8 Å². The molecule has 140 valence electrons. The molecule has 1 aliphatic carbocycles. The molecule has 0 radical (unpaired) electrons. The number of ether oxygens (including phenoxy) is 1. The number of cyclic esters (lactones) is 1. The molecule has 4 rings (SSSR count). The SMILES string of the molecule is Cc1ccc([C@@H]2Cc3cc(C(=O)NC4CCCCC4)ccc3C(=O)O2)cc1. The lowest BCUT2D eigenvalue weighted by Crippen LogP contribution is -2.36. The zero-order chi connectivity index (χ0) is 18.8. The van der Waals surface area contributed by atoms with Crippen LogP contribution in [0.5, 0.6) is 0 Å². The molecule has 1 atom stereocenters. The second-order valence-electron chi connectivity index (χ2n) is 7.69. The Morgan fingerprint density at radius 1 is 1.04 bits per heavy atom. The first-order valence-electron chi connectivity index (χ1n) is 9.81. The summed E-state index contributed by atoms with van der Waals surface area (Å²) >= 11 is 0. The van der Waals surface area contributed by atoms with E-state index in [4.69, 9.17) is 4.74 Å². The summed E-state index contributed by atoms with van der Waals surface area (Å²) in [5, 5.41) is 3.15. The van der Waals surface area contributed by atoms with Crippen LogP contribution < -0.4 is 5.32 Å². The predicted octanol–water partition coefficient (Wildman–Crippen LogP) is 4.51. The molecular formula is C23H25NO3. The summed E-state index contributed by atoms with van der Waals surface area (Å²) in [4.78, 5) is 25.1. The third-order valence-electron chi connectivity index (χ3n) is 5.63. The van der Waals surface area contributed by atoms with Gasteiger partial charge in [0.15, 0.2) is 0 Å². The monoisotopic (exact) mass is 363 g/mol. The van der Waals surface area contributed by atoms with Crippen LogP contribution >= 0.6 is 0 Å². The molecule has 1 amide bonds. The zero-order valence-corrected chi connectivity index (χ0v) is 15.7. The minimum atomic E-state index is -0.318. The van der Waals surface area contributed by atoms with Crippen LogP contribution in [-0.4, -0.2) is 17.9 Å². The minimum absolute atomic E-state index is 0.0458. The van der Waals surface area contributed by atoms with Crippen LogP contribution in [0.15, 0.2) is 42.5 Å². The average Bonchev–Trinajstić information content (AvgIpc) is 2.69. The lowest BCUT2D eigenvalue weighted by molar-refractivity contribution is 0.0252. The number of amides is 1. The molecule has 2 aromatic carbocycles. The smallest absolute Gasteiger partial charge is 0.339 e. The molecule has 27 heavy (non-hydrogen) atoms. The van der Waals surface area contributed by atoms with Crippen LogP contribution in [0.3, 0.4) is 0 Å². The van der Waals surface area contributed by atoms with Gasteiger partial charge >= 0.3 is 5.97 Å². The van der Waals surface area contributed by atoms with Crippen molar-refractivity contribution >= 4 is 11.9 Å². The third-order valence-corrected chi connectivity index (χ3v) is 5.63. The van der Waals surface area contributed by atoms with Crippen molar-refractivity contribution in [2.24, 2.45) is 0 Å². The molecule has 0 unspecified atom stereocenters. The first-order valence-corrected chi connectivity index (χ1v) is 9.81. The van der Waals surface area contributed by atoms with Crippen molar-refractivity contribution in [1.82, 2.24) is 5.32 Å². The van der Waals surface area contributed by atoms with Crippen molar-refractivity contribution in [3.63, 3.8) is 0 Å². The van der Waals surface area contributed by atoms with Gasteiger partial charge in [0.1, 0.15) is 6.10 Å². The van der Waals surface area contributed by atoms with Crippen LogP contribution in [0.4, 0.5) is 0 Å². The predicted molar refractivity (Wildman–Crippen MR) is 104 cm³/mol. The number of fused-ring (bicyclic) bond motifs is 1. The van der Waals surface area contributed by atoms with E-state index in [2.05, 4.69) is 5.32 Å². The summed E-state index contributed by atoms with van der Waals surface area (Å²) in [6, 6.07) is 13.6. The van der Waals surface area contributed by atoms with Crippen LogP contribution in [0.2, 0.25) is 0 Å². The van der Waals surface area contributed by atoms with Crippen molar-refractivity contribution in [2.75, 3.05) is 0 Å². The number of aryl methyl sites for hydroxylation is 1. The Hall–Kier alpha value is -2.62. The molecule has 0 spiro atoms. The first-order chi connectivity index (χ1) is 13.1. The summed E-state index contributed by atoms with van der Waals surface area (Å²) in [6.07, 6.45) is 6.01. The van der Waals surface area contributed by atoms with Gasteiger partial charge in [-0.15, -0.1) is 0 Å². The summed E-state index contributed by atoms with van der Waals surface area (Å²) in [5.41, 5.74) is 4.22. The van der Waals surface area contributed by atoms with Crippen molar-refractivity contribution in [3.8, 4) is 0 Å². The Morgan fingerprint density at radius 3 is 2.52 bits per heavy atom. The molecule has 1 N–H and O–H groups in total. The number of hydrogen-bond donors (Lipinski definition) is 1. The van der Waals surface area contributed by atoms with Gasteiger partial charge < -0.3 is 10.1 Å². The molecule has 1 aliphatic heterocycles. The fourth-order valence-electron chi connectivity index (χ4n) is 4.02. The number of hydrogen-bond acceptors (Lipinski definition) is 3. The molecule has 1 saturated carbocycles. The number of nitrogens with one attached hydrogen (secondary N) is 1. The molecule has 0 bridgehead atoms. The number of carbonyl (C=O) groups excluding carboxylic acids is 2.